The van der Waals surface area contributed by atoms with Crippen LogP contribution < -0.4 is 0 Å². The molecule has 0 fully saturated rings. The van der Waals surface area contributed by atoms with E-state index in [0.29, 0.717) is 5.16 Å². The molecule has 0 aliphatic carbocycles. The number of carboxylic acid groups (broad SMARTS) is 1. The normalized spacial score (nSPS) is 10.7. The van der Waals surface area contributed by atoms with Gasteiger partial charge in [0.15, 0.2) is 4.34 Å². The molecule has 9 heteroatoms. The predicted molar refractivity (Wildman–Crippen MR) is 61.1 cm³/mol. The van der Waals surface area contributed by atoms with Crippen LogP contribution in [0.4, 0.5) is 0 Å². The number of aromatic nitrogens is 5. The fraction of sp³-hybridized carbons (Fsp3) is 0.375. The van der Waals surface area contributed by atoms with Crippen molar-refractivity contribution in [2.24, 2.45) is 7.05 Å². The predicted octanol–water partition coefficient (Wildman–Crippen LogP) is 0.753. The van der Waals surface area contributed by atoms with Gasteiger partial charge in [-0.3, -0.25) is 4.79 Å². The minimum Gasteiger partial charge on any atom is -0.481 e. The summed E-state index contributed by atoms with van der Waals surface area (Å²) in [4.78, 5) is 15.7. The quantitative estimate of drug-likeness (QED) is 0.877. The molecule has 0 radical (unpaired) electrons. The maximum Gasteiger partial charge on any atom is 0.308 e. The summed E-state index contributed by atoms with van der Waals surface area (Å²) in [7, 11) is 1.74. The third-order valence-electron chi connectivity index (χ3n) is 1.94. The summed E-state index contributed by atoms with van der Waals surface area (Å²) in [6.07, 6.45) is 0.00112. The van der Waals surface area contributed by atoms with E-state index in [0.717, 1.165) is 14.9 Å². The average Bonchev–Trinajstić information content (AvgIpc) is 2.76. The molecular formula is C8H9N5O2S2. The number of thiazole rings is 1. The Morgan fingerprint density at radius 1 is 1.59 bits per heavy atom. The molecule has 1 N–H and O–H groups in total. The van der Waals surface area contributed by atoms with Gasteiger partial charge in [0, 0.05) is 11.9 Å². The Labute approximate surface area is 105 Å². The third kappa shape index (κ3) is 2.80. The van der Waals surface area contributed by atoms with E-state index in [-0.39, 0.29) is 6.42 Å². The Kier molecular flexibility index (Phi) is 3.38. The lowest BCUT2D eigenvalue weighted by Crippen LogP contribution is -1.99. The molecule has 17 heavy (non-hydrogen) atoms. The van der Waals surface area contributed by atoms with E-state index >= 15 is 0 Å². The molecule has 2 aromatic heterocycles. The summed E-state index contributed by atoms with van der Waals surface area (Å²) < 4.78 is 2.29. The van der Waals surface area contributed by atoms with Crippen LogP contribution in [0.3, 0.4) is 0 Å². The topological polar surface area (TPSA) is 93.8 Å². The molecule has 0 spiro atoms. The standard InChI is InChI=1S/C8H9N5O2S2/c1-4-5(3-6(14)15)16-8(9-4)17-7-10-11-12-13(7)2/h3H2,1-2H3,(H,14,15). The zero-order valence-corrected chi connectivity index (χ0v) is 10.7. The monoisotopic (exact) mass is 271 g/mol. The SMILES string of the molecule is Cc1nc(Sc2nnnn2C)sc1CC(=O)O. The van der Waals surface area contributed by atoms with Gasteiger partial charge in [-0.2, -0.15) is 0 Å². The number of aryl methyl sites for hydroxylation is 2. The van der Waals surface area contributed by atoms with Crippen LogP contribution in [0.5, 0.6) is 0 Å². The second kappa shape index (κ2) is 4.80. The summed E-state index contributed by atoms with van der Waals surface area (Å²) in [6.45, 7) is 1.80. The minimum atomic E-state index is -0.853. The molecule has 2 heterocycles. The van der Waals surface area contributed by atoms with E-state index in [2.05, 4.69) is 20.5 Å². The Morgan fingerprint density at radius 2 is 2.35 bits per heavy atom. The number of hydrogen-bond acceptors (Lipinski definition) is 7. The van der Waals surface area contributed by atoms with Crippen LogP contribution in [0.1, 0.15) is 10.6 Å². The Morgan fingerprint density at radius 3 is 2.94 bits per heavy atom. The van der Waals surface area contributed by atoms with Gasteiger partial charge in [-0.05, 0) is 29.1 Å². The summed E-state index contributed by atoms with van der Waals surface area (Å²) >= 11 is 2.68. The second-order valence-electron chi connectivity index (χ2n) is 3.25. The highest BCUT2D eigenvalue weighted by molar-refractivity contribution is 8.00. The van der Waals surface area contributed by atoms with E-state index in [9.17, 15) is 4.79 Å². The smallest absolute Gasteiger partial charge is 0.308 e. The Hall–Kier alpha value is -1.48. The molecule has 0 aliphatic rings. The lowest BCUT2D eigenvalue weighted by Gasteiger charge is -1.92. The highest BCUT2D eigenvalue weighted by atomic mass is 32.2. The zero-order chi connectivity index (χ0) is 12.4. The first-order valence-corrected chi connectivity index (χ1v) is 6.28. The van der Waals surface area contributed by atoms with Crippen molar-refractivity contribution >= 4 is 29.1 Å². The average molecular weight is 271 g/mol. The molecule has 0 saturated carbocycles. The highest BCUT2D eigenvalue weighted by Gasteiger charge is 2.14. The van der Waals surface area contributed by atoms with Crippen molar-refractivity contribution in [3.8, 4) is 0 Å². The number of rotatable bonds is 4. The van der Waals surface area contributed by atoms with Crippen molar-refractivity contribution < 1.29 is 9.90 Å². The van der Waals surface area contributed by atoms with Crippen LogP contribution in [0.15, 0.2) is 9.50 Å². The molecule has 2 rings (SSSR count). The number of hydrogen-bond donors (Lipinski definition) is 1. The van der Waals surface area contributed by atoms with Gasteiger partial charge in [0.25, 0.3) is 0 Å². The third-order valence-corrected chi connectivity index (χ3v) is 4.19. The first-order chi connectivity index (χ1) is 8.06. The number of aliphatic carboxylic acids is 1. The van der Waals surface area contributed by atoms with Gasteiger partial charge in [-0.1, -0.05) is 0 Å². The zero-order valence-electron chi connectivity index (χ0n) is 9.12. The molecule has 0 amide bonds. The van der Waals surface area contributed by atoms with Gasteiger partial charge in [-0.15, -0.1) is 16.4 Å². The van der Waals surface area contributed by atoms with Crippen molar-refractivity contribution in [3.63, 3.8) is 0 Å². The minimum absolute atomic E-state index is 0.00112. The highest BCUT2D eigenvalue weighted by Crippen LogP contribution is 2.31. The number of carboxylic acids is 1. The molecule has 7 nitrogen and oxygen atoms in total. The molecule has 0 unspecified atom stereocenters. The summed E-state index contributed by atoms with van der Waals surface area (Å²) in [5.74, 6) is -0.853. The maximum atomic E-state index is 10.6. The van der Waals surface area contributed by atoms with Crippen molar-refractivity contribution in [2.45, 2.75) is 22.8 Å². The molecule has 0 saturated heterocycles. The van der Waals surface area contributed by atoms with Crippen molar-refractivity contribution in [2.75, 3.05) is 0 Å². The maximum absolute atomic E-state index is 10.6. The summed E-state index contributed by atoms with van der Waals surface area (Å²) in [5.41, 5.74) is 0.745. The van der Waals surface area contributed by atoms with Gasteiger partial charge in [0.2, 0.25) is 5.16 Å². The van der Waals surface area contributed by atoms with Gasteiger partial charge in [0.1, 0.15) is 0 Å². The van der Waals surface area contributed by atoms with E-state index in [4.69, 9.17) is 5.11 Å². The van der Waals surface area contributed by atoms with E-state index in [1.807, 2.05) is 0 Å². The second-order valence-corrected chi connectivity index (χ2v) is 5.54. The van der Waals surface area contributed by atoms with Crippen molar-refractivity contribution in [3.05, 3.63) is 10.6 Å². The van der Waals surface area contributed by atoms with Gasteiger partial charge in [-0.25, -0.2) is 9.67 Å². The van der Waals surface area contributed by atoms with Gasteiger partial charge in [0.05, 0.1) is 12.1 Å². The van der Waals surface area contributed by atoms with Crippen LogP contribution in [-0.4, -0.2) is 36.3 Å². The number of nitrogens with zero attached hydrogens (tertiary/aromatic N) is 5. The van der Waals surface area contributed by atoms with Crippen LogP contribution >= 0.6 is 23.1 Å². The lowest BCUT2D eigenvalue weighted by atomic mass is 10.3. The summed E-state index contributed by atoms with van der Waals surface area (Å²) in [5, 5.41) is 20.4. The van der Waals surface area contributed by atoms with Crippen molar-refractivity contribution in [1.82, 2.24) is 25.2 Å². The fourth-order valence-electron chi connectivity index (χ4n) is 1.13. The van der Waals surface area contributed by atoms with Gasteiger partial charge >= 0.3 is 5.97 Å². The lowest BCUT2D eigenvalue weighted by molar-refractivity contribution is -0.136. The van der Waals surface area contributed by atoms with Crippen LogP contribution in [0.2, 0.25) is 0 Å². The number of tetrazole rings is 1. The molecule has 90 valence electrons. The first-order valence-electron chi connectivity index (χ1n) is 4.64. The van der Waals surface area contributed by atoms with Crippen LogP contribution in [-0.2, 0) is 18.3 Å². The van der Waals surface area contributed by atoms with Crippen molar-refractivity contribution in [1.29, 1.82) is 0 Å². The molecule has 0 atom stereocenters. The van der Waals surface area contributed by atoms with E-state index in [1.54, 1.807) is 14.0 Å². The Bertz CT molecular complexity index is 550. The van der Waals surface area contributed by atoms with Crippen LogP contribution in [0, 0.1) is 6.92 Å². The van der Waals surface area contributed by atoms with Gasteiger partial charge < -0.3 is 5.11 Å². The van der Waals surface area contributed by atoms with E-state index in [1.165, 1.54) is 27.8 Å². The molecular weight excluding hydrogens is 262 g/mol. The molecule has 0 aliphatic heterocycles. The number of carbonyl (C=O) groups is 1. The molecule has 0 bridgehead atoms. The molecule has 0 aromatic carbocycles. The van der Waals surface area contributed by atoms with Crippen LogP contribution in [0.25, 0.3) is 0 Å². The molecule has 2 aromatic rings. The summed E-state index contributed by atoms with van der Waals surface area (Å²) in [6, 6.07) is 0. The fourth-order valence-corrected chi connectivity index (χ4v) is 3.19. The largest absolute Gasteiger partial charge is 0.481 e. The first kappa shape index (κ1) is 12.0. The Balaban J connectivity index is 2.18. The van der Waals surface area contributed by atoms with E-state index < -0.39 is 5.97 Å².